The Balaban J connectivity index is 1.52. The highest BCUT2D eigenvalue weighted by Crippen LogP contribution is 2.40. The van der Waals surface area contributed by atoms with E-state index in [0.29, 0.717) is 36.6 Å². The largest absolute Gasteiger partial charge is 0.341 e. The Morgan fingerprint density at radius 3 is 2.11 bits per heavy atom. The lowest BCUT2D eigenvalue weighted by atomic mass is 9.74. The van der Waals surface area contributed by atoms with Crippen LogP contribution in [0, 0.1) is 16.7 Å². The van der Waals surface area contributed by atoms with Gasteiger partial charge in [0.1, 0.15) is 0 Å². The number of hydrogen-bond donors (Lipinski definition) is 0. The van der Waals surface area contributed by atoms with Crippen molar-refractivity contribution in [2.75, 3.05) is 26.2 Å². The molecule has 2 aliphatic heterocycles. The average molecular weight is 530 g/mol. The van der Waals surface area contributed by atoms with Crippen LogP contribution in [0.1, 0.15) is 85.1 Å². The van der Waals surface area contributed by atoms with Gasteiger partial charge in [-0.15, -0.1) is 0 Å². The number of halogens is 1. The molecule has 0 aromatic heterocycles. The van der Waals surface area contributed by atoms with Crippen LogP contribution in [0.3, 0.4) is 0 Å². The van der Waals surface area contributed by atoms with Crippen LogP contribution in [0.2, 0.25) is 5.02 Å². The second-order valence-corrected chi connectivity index (χ2v) is 13.7. The first-order chi connectivity index (χ1) is 17.3. The van der Waals surface area contributed by atoms with Gasteiger partial charge < -0.3 is 14.7 Å². The summed E-state index contributed by atoms with van der Waals surface area (Å²) < 4.78 is 0. The molecule has 1 aromatic rings. The Bertz CT molecular complexity index is 1010. The molecular weight excluding hydrogens is 486 g/mol. The Hall–Kier alpha value is -2.08. The van der Waals surface area contributed by atoms with Crippen LogP contribution < -0.4 is 0 Å². The first-order valence-electron chi connectivity index (χ1n) is 13.9. The van der Waals surface area contributed by atoms with Crippen molar-refractivity contribution in [3.63, 3.8) is 0 Å². The number of amides is 3. The van der Waals surface area contributed by atoms with Gasteiger partial charge in [0.05, 0.1) is 12.0 Å². The van der Waals surface area contributed by atoms with Gasteiger partial charge in [0, 0.05) is 55.5 Å². The number of rotatable bonds is 4. The highest BCUT2D eigenvalue weighted by molar-refractivity contribution is 6.30. The Morgan fingerprint density at radius 2 is 1.54 bits per heavy atom. The van der Waals surface area contributed by atoms with E-state index in [1.54, 1.807) is 11.8 Å². The maximum Gasteiger partial charge on any atom is 0.228 e. The minimum atomic E-state index is -0.461. The normalized spacial score (nSPS) is 26.4. The van der Waals surface area contributed by atoms with Gasteiger partial charge in [-0.2, -0.15) is 0 Å². The third kappa shape index (κ3) is 6.16. The summed E-state index contributed by atoms with van der Waals surface area (Å²) in [5.41, 5.74) is 0.903. The molecule has 0 N–H and O–H groups in total. The van der Waals surface area contributed by atoms with E-state index >= 15 is 0 Å². The van der Waals surface area contributed by atoms with Gasteiger partial charge in [0.25, 0.3) is 0 Å². The number of carbonyl (C=O) groups excluding carboxylic acids is 3. The van der Waals surface area contributed by atoms with Crippen LogP contribution in [-0.4, -0.2) is 70.7 Å². The summed E-state index contributed by atoms with van der Waals surface area (Å²) in [5.74, 6) is -0.0549. The second kappa shape index (κ2) is 10.6. The summed E-state index contributed by atoms with van der Waals surface area (Å²) in [6.07, 6.45) is 5.09. The number of benzene rings is 1. The summed E-state index contributed by atoms with van der Waals surface area (Å²) in [5, 5.41) is 0.658. The zero-order chi connectivity index (χ0) is 27.1. The maximum absolute atomic E-state index is 13.9. The SMILES string of the molecule is CC(=O)N1C[C@@H](C(=O)N2CC[C@H](N(C(=O)C(C)(C)C)C3CCC(C)(C)CC3)C2)[C@H](c2ccc(Cl)cc2)C1. The lowest BCUT2D eigenvalue weighted by Gasteiger charge is -2.45. The molecule has 3 amide bonds. The summed E-state index contributed by atoms with van der Waals surface area (Å²) >= 11 is 6.11. The van der Waals surface area contributed by atoms with E-state index in [0.717, 1.165) is 37.7 Å². The van der Waals surface area contributed by atoms with Gasteiger partial charge in [-0.05, 0) is 55.2 Å². The van der Waals surface area contributed by atoms with Crippen LogP contribution in [0.25, 0.3) is 0 Å². The fourth-order valence-corrected chi connectivity index (χ4v) is 6.57. The Morgan fingerprint density at radius 1 is 0.919 bits per heavy atom. The Kier molecular flexibility index (Phi) is 8.00. The molecule has 4 rings (SSSR count). The number of hydrogen-bond acceptors (Lipinski definition) is 3. The van der Waals surface area contributed by atoms with Crippen molar-refractivity contribution in [2.45, 2.75) is 91.6 Å². The monoisotopic (exact) mass is 529 g/mol. The first-order valence-corrected chi connectivity index (χ1v) is 14.3. The second-order valence-electron chi connectivity index (χ2n) is 13.3. The van der Waals surface area contributed by atoms with E-state index in [1.165, 1.54) is 0 Å². The third-order valence-corrected chi connectivity index (χ3v) is 9.08. The summed E-state index contributed by atoms with van der Waals surface area (Å²) in [6.45, 7) is 14.4. The van der Waals surface area contributed by atoms with Crippen LogP contribution in [0.5, 0.6) is 0 Å². The zero-order valence-electron chi connectivity index (χ0n) is 23.4. The van der Waals surface area contributed by atoms with Crippen LogP contribution in [0.15, 0.2) is 24.3 Å². The quantitative estimate of drug-likeness (QED) is 0.528. The summed E-state index contributed by atoms with van der Waals surface area (Å²) in [7, 11) is 0. The smallest absolute Gasteiger partial charge is 0.228 e. The number of carbonyl (C=O) groups is 3. The fraction of sp³-hybridized carbons (Fsp3) is 0.700. The molecular formula is C30H44ClN3O3. The molecule has 2 heterocycles. The molecule has 3 fully saturated rings. The molecule has 7 heteroatoms. The predicted molar refractivity (Wildman–Crippen MR) is 147 cm³/mol. The number of likely N-dealkylation sites (tertiary alicyclic amines) is 2. The van der Waals surface area contributed by atoms with Crippen LogP contribution >= 0.6 is 11.6 Å². The Labute approximate surface area is 227 Å². The molecule has 1 saturated carbocycles. The maximum atomic E-state index is 13.9. The highest BCUT2D eigenvalue weighted by Gasteiger charge is 2.46. The molecule has 3 atom stereocenters. The van der Waals surface area contributed by atoms with E-state index in [1.807, 2.05) is 49.9 Å². The van der Waals surface area contributed by atoms with E-state index in [2.05, 4.69) is 18.7 Å². The van der Waals surface area contributed by atoms with Gasteiger partial charge in [0.2, 0.25) is 17.7 Å². The molecule has 1 aliphatic carbocycles. The summed E-state index contributed by atoms with van der Waals surface area (Å²) in [4.78, 5) is 45.8. The van der Waals surface area contributed by atoms with Crippen molar-refractivity contribution in [3.8, 4) is 0 Å². The van der Waals surface area contributed by atoms with E-state index in [4.69, 9.17) is 11.6 Å². The minimum absolute atomic E-state index is 0.00395. The number of nitrogens with zero attached hydrogens (tertiary/aromatic N) is 3. The van der Waals surface area contributed by atoms with Crippen LogP contribution in [0.4, 0.5) is 0 Å². The van der Waals surface area contributed by atoms with E-state index in [-0.39, 0.29) is 41.6 Å². The molecule has 0 spiro atoms. The molecule has 0 bridgehead atoms. The minimum Gasteiger partial charge on any atom is -0.341 e. The topological polar surface area (TPSA) is 60.9 Å². The zero-order valence-corrected chi connectivity index (χ0v) is 24.2. The molecule has 3 aliphatic rings. The average Bonchev–Trinajstić information content (AvgIpc) is 3.48. The van der Waals surface area contributed by atoms with Crippen molar-refractivity contribution >= 4 is 29.3 Å². The van der Waals surface area contributed by atoms with Gasteiger partial charge in [-0.25, -0.2) is 0 Å². The van der Waals surface area contributed by atoms with Crippen molar-refractivity contribution < 1.29 is 14.4 Å². The van der Waals surface area contributed by atoms with Gasteiger partial charge >= 0.3 is 0 Å². The van der Waals surface area contributed by atoms with Gasteiger partial charge in [-0.3, -0.25) is 14.4 Å². The summed E-state index contributed by atoms with van der Waals surface area (Å²) in [6, 6.07) is 7.92. The third-order valence-electron chi connectivity index (χ3n) is 8.83. The lowest BCUT2D eigenvalue weighted by Crippen LogP contribution is -2.54. The molecule has 204 valence electrons. The van der Waals surface area contributed by atoms with Crippen molar-refractivity contribution in [1.29, 1.82) is 0 Å². The van der Waals surface area contributed by atoms with Gasteiger partial charge in [-0.1, -0.05) is 58.4 Å². The van der Waals surface area contributed by atoms with Crippen LogP contribution in [-0.2, 0) is 14.4 Å². The lowest BCUT2D eigenvalue weighted by molar-refractivity contribution is -0.147. The van der Waals surface area contributed by atoms with Crippen molar-refractivity contribution in [1.82, 2.24) is 14.7 Å². The fourth-order valence-electron chi connectivity index (χ4n) is 6.44. The van der Waals surface area contributed by atoms with E-state index < -0.39 is 5.41 Å². The predicted octanol–water partition coefficient (Wildman–Crippen LogP) is 5.35. The van der Waals surface area contributed by atoms with Crippen molar-refractivity contribution in [2.24, 2.45) is 16.7 Å². The van der Waals surface area contributed by atoms with E-state index in [9.17, 15) is 14.4 Å². The standard InChI is InChI=1S/C30H44ClN3O3/c1-20(35)33-18-25(21-7-9-22(31)10-8-21)26(19-33)27(36)32-16-13-24(17-32)34(28(37)29(2,3)4)23-11-14-30(5,6)15-12-23/h7-10,23-26H,11-19H2,1-6H3/t24-,25-,26+/m0/s1. The molecule has 1 aromatic carbocycles. The molecule has 2 saturated heterocycles. The molecule has 0 unspecified atom stereocenters. The first kappa shape index (κ1) is 27.9. The molecule has 37 heavy (non-hydrogen) atoms. The molecule has 0 radical (unpaired) electrons. The van der Waals surface area contributed by atoms with Crippen molar-refractivity contribution in [3.05, 3.63) is 34.9 Å². The highest BCUT2D eigenvalue weighted by atomic mass is 35.5. The van der Waals surface area contributed by atoms with Gasteiger partial charge in [0.15, 0.2) is 0 Å². The molecule has 6 nitrogen and oxygen atoms in total.